The quantitative estimate of drug-likeness (QED) is 0.780. The molecule has 0 aliphatic heterocycles. The summed E-state index contributed by atoms with van der Waals surface area (Å²) in [6.45, 7) is 2.27. The van der Waals surface area contributed by atoms with Gasteiger partial charge in [-0.05, 0) is 30.9 Å². The topological polar surface area (TPSA) is 64.1 Å². The van der Waals surface area contributed by atoms with E-state index in [2.05, 4.69) is 17.2 Å². The van der Waals surface area contributed by atoms with Crippen LogP contribution in [0.25, 0.3) is 11.1 Å². The number of anilines is 2. The van der Waals surface area contributed by atoms with E-state index >= 15 is 0 Å². The van der Waals surface area contributed by atoms with E-state index in [1.807, 2.05) is 18.2 Å². The fourth-order valence-electron chi connectivity index (χ4n) is 2.52. The maximum atomic E-state index is 5.71. The number of nitrogens with one attached hydrogen (secondary N) is 1. The zero-order valence-electron chi connectivity index (χ0n) is 9.94. The molecule has 1 heterocycles. The molecule has 1 aliphatic carbocycles. The number of nitrogens with zero attached hydrogens (tertiary/aromatic N) is 1. The third-order valence-electron chi connectivity index (χ3n) is 3.58. The van der Waals surface area contributed by atoms with Crippen LogP contribution >= 0.6 is 0 Å². The third kappa shape index (κ3) is 1.95. The summed E-state index contributed by atoms with van der Waals surface area (Å²) in [6, 6.07) is 6.64. The van der Waals surface area contributed by atoms with Crippen LogP contribution in [0.1, 0.15) is 26.2 Å². The van der Waals surface area contributed by atoms with Gasteiger partial charge in [0.25, 0.3) is 6.01 Å². The number of benzene rings is 1. The molecule has 1 aliphatic rings. The third-order valence-corrected chi connectivity index (χ3v) is 3.58. The number of rotatable bonds is 2. The highest BCUT2D eigenvalue weighted by atomic mass is 16.4. The maximum Gasteiger partial charge on any atom is 0.295 e. The molecule has 1 aromatic carbocycles. The van der Waals surface area contributed by atoms with Crippen molar-refractivity contribution >= 4 is 22.8 Å². The van der Waals surface area contributed by atoms with Gasteiger partial charge in [-0.15, -0.1) is 0 Å². The van der Waals surface area contributed by atoms with Gasteiger partial charge in [0.15, 0.2) is 5.58 Å². The smallest absolute Gasteiger partial charge is 0.295 e. The van der Waals surface area contributed by atoms with E-state index in [0.29, 0.717) is 23.7 Å². The molecule has 17 heavy (non-hydrogen) atoms. The summed E-state index contributed by atoms with van der Waals surface area (Å²) < 4.78 is 5.66. The average molecular weight is 231 g/mol. The highest BCUT2D eigenvalue weighted by molar-refractivity contribution is 5.78. The van der Waals surface area contributed by atoms with E-state index in [1.54, 1.807) is 0 Å². The SMILES string of the molecule is CC1CCCC1Nc1nc2ccc(N)cc2o1. The number of aromatic nitrogens is 1. The van der Waals surface area contributed by atoms with E-state index in [4.69, 9.17) is 10.2 Å². The van der Waals surface area contributed by atoms with Crippen molar-refractivity contribution in [1.29, 1.82) is 0 Å². The molecule has 0 spiro atoms. The Balaban J connectivity index is 1.85. The van der Waals surface area contributed by atoms with E-state index in [1.165, 1.54) is 19.3 Å². The molecule has 2 aromatic rings. The summed E-state index contributed by atoms with van der Waals surface area (Å²) in [5, 5.41) is 3.38. The van der Waals surface area contributed by atoms with Gasteiger partial charge in [-0.3, -0.25) is 0 Å². The van der Waals surface area contributed by atoms with Crippen molar-refractivity contribution in [3.63, 3.8) is 0 Å². The van der Waals surface area contributed by atoms with Crippen molar-refractivity contribution in [3.8, 4) is 0 Å². The summed E-state index contributed by atoms with van der Waals surface area (Å²) in [4.78, 5) is 4.42. The number of hydrogen-bond donors (Lipinski definition) is 2. The van der Waals surface area contributed by atoms with Gasteiger partial charge in [0.1, 0.15) is 5.52 Å². The van der Waals surface area contributed by atoms with E-state index in [0.717, 1.165) is 11.1 Å². The summed E-state index contributed by atoms with van der Waals surface area (Å²) in [5.41, 5.74) is 8.02. The molecule has 3 rings (SSSR count). The van der Waals surface area contributed by atoms with Gasteiger partial charge in [0.2, 0.25) is 0 Å². The molecule has 3 N–H and O–H groups in total. The van der Waals surface area contributed by atoms with Gasteiger partial charge in [0, 0.05) is 17.8 Å². The molecule has 90 valence electrons. The first-order valence-electron chi connectivity index (χ1n) is 6.15. The van der Waals surface area contributed by atoms with Crippen LogP contribution in [-0.4, -0.2) is 11.0 Å². The Morgan fingerprint density at radius 3 is 3.06 bits per heavy atom. The van der Waals surface area contributed by atoms with Crippen LogP contribution < -0.4 is 11.1 Å². The van der Waals surface area contributed by atoms with Gasteiger partial charge in [-0.1, -0.05) is 13.3 Å². The molecule has 0 bridgehead atoms. The lowest BCUT2D eigenvalue weighted by molar-refractivity contribution is 0.526. The lowest BCUT2D eigenvalue weighted by atomic mass is 10.1. The second-order valence-electron chi connectivity index (χ2n) is 4.91. The molecule has 0 saturated heterocycles. The molecular formula is C13H17N3O. The van der Waals surface area contributed by atoms with Crippen molar-refractivity contribution in [1.82, 2.24) is 4.98 Å². The average Bonchev–Trinajstić information content (AvgIpc) is 2.85. The molecule has 4 heteroatoms. The predicted octanol–water partition coefficient (Wildman–Crippen LogP) is 3.01. The fourth-order valence-corrected chi connectivity index (χ4v) is 2.52. The Kier molecular flexibility index (Phi) is 2.42. The van der Waals surface area contributed by atoms with Crippen molar-refractivity contribution in [2.45, 2.75) is 32.2 Å². The molecule has 0 amide bonds. The summed E-state index contributed by atoms with van der Waals surface area (Å²) in [5.74, 6) is 0.690. The molecular weight excluding hydrogens is 214 g/mol. The van der Waals surface area contributed by atoms with E-state index in [-0.39, 0.29) is 0 Å². The zero-order chi connectivity index (χ0) is 11.8. The van der Waals surface area contributed by atoms with E-state index < -0.39 is 0 Å². The Morgan fingerprint density at radius 1 is 1.41 bits per heavy atom. The van der Waals surface area contributed by atoms with Gasteiger partial charge < -0.3 is 15.5 Å². The molecule has 0 radical (unpaired) electrons. The maximum absolute atomic E-state index is 5.71. The minimum Gasteiger partial charge on any atom is -0.423 e. The van der Waals surface area contributed by atoms with Gasteiger partial charge in [0.05, 0.1) is 0 Å². The largest absolute Gasteiger partial charge is 0.423 e. The molecule has 1 fully saturated rings. The Labute approximate surface area is 100 Å². The van der Waals surface area contributed by atoms with Gasteiger partial charge in [-0.25, -0.2) is 0 Å². The summed E-state index contributed by atoms with van der Waals surface area (Å²) in [7, 11) is 0. The number of oxazole rings is 1. The predicted molar refractivity (Wildman–Crippen MR) is 68.8 cm³/mol. The number of hydrogen-bond acceptors (Lipinski definition) is 4. The molecule has 2 atom stereocenters. The van der Waals surface area contributed by atoms with Crippen molar-refractivity contribution in [2.75, 3.05) is 11.1 Å². The van der Waals surface area contributed by atoms with Crippen LogP contribution in [0, 0.1) is 5.92 Å². The van der Waals surface area contributed by atoms with E-state index in [9.17, 15) is 0 Å². The van der Waals surface area contributed by atoms with Crippen molar-refractivity contribution in [3.05, 3.63) is 18.2 Å². The van der Waals surface area contributed by atoms with Crippen LogP contribution in [-0.2, 0) is 0 Å². The summed E-state index contributed by atoms with van der Waals surface area (Å²) in [6.07, 6.45) is 3.76. The van der Waals surface area contributed by atoms with Crippen LogP contribution in [0.3, 0.4) is 0 Å². The minimum atomic E-state index is 0.486. The molecule has 4 nitrogen and oxygen atoms in total. The first-order valence-corrected chi connectivity index (χ1v) is 6.15. The Hall–Kier alpha value is -1.71. The standard InChI is InChI=1S/C13H17N3O/c1-8-3-2-4-10(8)15-13-16-11-6-5-9(14)7-12(11)17-13/h5-8,10H,2-4,14H2,1H3,(H,15,16). The Bertz CT molecular complexity index is 534. The van der Waals surface area contributed by atoms with Gasteiger partial charge in [-0.2, -0.15) is 4.98 Å². The molecule has 1 aromatic heterocycles. The van der Waals surface area contributed by atoms with Gasteiger partial charge >= 0.3 is 0 Å². The number of fused-ring (bicyclic) bond motifs is 1. The minimum absolute atomic E-state index is 0.486. The molecule has 1 saturated carbocycles. The number of nitrogen functional groups attached to an aromatic ring is 1. The highest BCUT2D eigenvalue weighted by Crippen LogP contribution is 2.29. The van der Waals surface area contributed by atoms with Crippen LogP contribution in [0.4, 0.5) is 11.7 Å². The lowest BCUT2D eigenvalue weighted by Crippen LogP contribution is -2.21. The van der Waals surface area contributed by atoms with Crippen LogP contribution in [0.15, 0.2) is 22.6 Å². The lowest BCUT2D eigenvalue weighted by Gasteiger charge is -2.14. The van der Waals surface area contributed by atoms with Crippen LogP contribution in [0.2, 0.25) is 0 Å². The van der Waals surface area contributed by atoms with Crippen molar-refractivity contribution in [2.24, 2.45) is 5.92 Å². The Morgan fingerprint density at radius 2 is 2.29 bits per heavy atom. The van der Waals surface area contributed by atoms with Crippen molar-refractivity contribution < 1.29 is 4.42 Å². The first-order chi connectivity index (χ1) is 8.22. The highest BCUT2D eigenvalue weighted by Gasteiger charge is 2.24. The zero-order valence-corrected chi connectivity index (χ0v) is 9.94. The first kappa shape index (κ1) is 10.4. The van der Waals surface area contributed by atoms with Crippen LogP contribution in [0.5, 0.6) is 0 Å². The fraction of sp³-hybridized carbons (Fsp3) is 0.462. The molecule has 2 unspecified atom stereocenters. The number of nitrogens with two attached hydrogens (primary N) is 1. The second kappa shape index (κ2) is 3.95. The monoisotopic (exact) mass is 231 g/mol. The normalized spacial score (nSPS) is 24.3. The second-order valence-corrected chi connectivity index (χ2v) is 4.91. The summed E-state index contributed by atoms with van der Waals surface area (Å²) >= 11 is 0.